The molecule has 1 fully saturated rings. The summed E-state index contributed by atoms with van der Waals surface area (Å²) in [7, 11) is 0. The van der Waals surface area contributed by atoms with Crippen LogP contribution in [0.5, 0.6) is 0 Å². The molecule has 12 heteroatoms. The van der Waals surface area contributed by atoms with Gasteiger partial charge in [0.05, 0.1) is 6.34 Å². The highest BCUT2D eigenvalue weighted by Crippen LogP contribution is 2.31. The molecule has 0 N–H and O–H groups in total. The van der Waals surface area contributed by atoms with E-state index >= 15 is 0 Å². The van der Waals surface area contributed by atoms with Crippen molar-refractivity contribution in [3.63, 3.8) is 0 Å². The van der Waals surface area contributed by atoms with Crippen LogP contribution in [0.15, 0.2) is 15.0 Å². The summed E-state index contributed by atoms with van der Waals surface area (Å²) in [6.45, 7) is 3.37. The summed E-state index contributed by atoms with van der Waals surface area (Å²) in [5.74, 6) is -2.10. The SMILES string of the molecule is CC(=O)OCC1OC(N2C=NC3C(=O)N=CN=C32)C(OC(C)=O)C1OC(C)=O. The Hall–Kier alpha value is -3.15. The topological polar surface area (TPSA) is 146 Å². The van der Waals surface area contributed by atoms with Crippen LogP contribution in [-0.4, -0.2) is 84.4 Å². The zero-order chi connectivity index (χ0) is 20.4. The van der Waals surface area contributed by atoms with Gasteiger partial charge in [-0.05, 0) is 0 Å². The zero-order valence-corrected chi connectivity index (χ0v) is 15.3. The van der Waals surface area contributed by atoms with E-state index in [0.717, 1.165) is 6.34 Å². The minimum absolute atomic E-state index is 0.233. The molecule has 0 radical (unpaired) electrons. The number of esters is 3. The van der Waals surface area contributed by atoms with Crippen molar-refractivity contribution < 1.29 is 38.1 Å². The molecule has 3 aliphatic heterocycles. The quantitative estimate of drug-likeness (QED) is 0.415. The lowest BCUT2D eigenvalue weighted by Gasteiger charge is -2.29. The summed E-state index contributed by atoms with van der Waals surface area (Å²) in [4.78, 5) is 59.3. The number of amides is 1. The van der Waals surface area contributed by atoms with E-state index in [1.807, 2.05) is 0 Å². The highest BCUT2D eigenvalue weighted by atomic mass is 16.7. The van der Waals surface area contributed by atoms with E-state index in [1.54, 1.807) is 0 Å². The Bertz CT molecular complexity index is 792. The lowest BCUT2D eigenvalue weighted by Crippen LogP contribution is -2.50. The molecule has 0 aromatic carbocycles. The third-order valence-corrected chi connectivity index (χ3v) is 4.07. The van der Waals surface area contributed by atoms with Gasteiger partial charge >= 0.3 is 17.9 Å². The van der Waals surface area contributed by atoms with Crippen LogP contribution in [0, 0.1) is 0 Å². The maximum absolute atomic E-state index is 11.9. The Kier molecular flexibility index (Phi) is 5.49. The first kappa shape index (κ1) is 19.6. The predicted molar refractivity (Wildman–Crippen MR) is 91.5 cm³/mol. The van der Waals surface area contributed by atoms with Gasteiger partial charge in [-0.25, -0.2) is 4.99 Å². The van der Waals surface area contributed by atoms with Gasteiger partial charge in [-0.1, -0.05) is 0 Å². The molecule has 12 nitrogen and oxygen atoms in total. The lowest BCUT2D eigenvalue weighted by molar-refractivity contribution is -0.166. The summed E-state index contributed by atoms with van der Waals surface area (Å²) < 4.78 is 21.5. The van der Waals surface area contributed by atoms with Crippen molar-refractivity contribution in [3.05, 3.63) is 0 Å². The van der Waals surface area contributed by atoms with Gasteiger partial charge in [-0.15, -0.1) is 0 Å². The normalized spacial score (nSPS) is 30.7. The molecule has 0 saturated carbocycles. The summed E-state index contributed by atoms with van der Waals surface area (Å²) >= 11 is 0. The summed E-state index contributed by atoms with van der Waals surface area (Å²) in [6, 6.07) is -0.925. The van der Waals surface area contributed by atoms with Gasteiger partial charge < -0.3 is 18.9 Å². The van der Waals surface area contributed by atoms with E-state index in [1.165, 1.54) is 32.0 Å². The average Bonchev–Trinajstić information content (AvgIpc) is 3.16. The lowest BCUT2D eigenvalue weighted by atomic mass is 10.1. The second-order valence-electron chi connectivity index (χ2n) is 6.16. The number of fused-ring (bicyclic) bond motifs is 1. The number of rotatable bonds is 5. The minimum Gasteiger partial charge on any atom is -0.463 e. The van der Waals surface area contributed by atoms with Crippen molar-refractivity contribution >= 4 is 42.3 Å². The van der Waals surface area contributed by atoms with Gasteiger partial charge in [0.2, 0.25) is 0 Å². The smallest absolute Gasteiger partial charge is 0.303 e. The molecular formula is C16H18N4O8. The van der Waals surface area contributed by atoms with Crippen molar-refractivity contribution in [2.75, 3.05) is 6.61 Å². The molecule has 3 aliphatic rings. The fourth-order valence-corrected chi connectivity index (χ4v) is 3.05. The Morgan fingerprint density at radius 1 is 1.11 bits per heavy atom. The van der Waals surface area contributed by atoms with Crippen molar-refractivity contribution in [2.24, 2.45) is 15.0 Å². The predicted octanol–water partition coefficient (Wildman–Crippen LogP) is -1.18. The number of amidine groups is 1. The van der Waals surface area contributed by atoms with E-state index in [0.29, 0.717) is 0 Å². The van der Waals surface area contributed by atoms with Crippen molar-refractivity contribution in [3.8, 4) is 0 Å². The summed E-state index contributed by atoms with van der Waals surface area (Å²) in [5, 5.41) is 0. The van der Waals surface area contributed by atoms with Gasteiger partial charge in [-0.2, -0.15) is 4.99 Å². The molecular weight excluding hydrogens is 376 g/mol. The van der Waals surface area contributed by atoms with Crippen LogP contribution in [0.2, 0.25) is 0 Å². The molecule has 0 aromatic heterocycles. The van der Waals surface area contributed by atoms with Crippen LogP contribution in [0.4, 0.5) is 0 Å². The fourth-order valence-electron chi connectivity index (χ4n) is 3.05. The average molecular weight is 394 g/mol. The molecule has 3 rings (SSSR count). The number of hydrogen-bond acceptors (Lipinski definition) is 11. The first-order chi connectivity index (χ1) is 13.3. The Balaban J connectivity index is 1.90. The minimum atomic E-state index is -1.08. The summed E-state index contributed by atoms with van der Waals surface area (Å²) in [5.41, 5.74) is 0. The van der Waals surface area contributed by atoms with Crippen LogP contribution in [-0.2, 0) is 38.1 Å². The number of ether oxygens (including phenoxy) is 4. The molecule has 5 unspecified atom stereocenters. The van der Waals surface area contributed by atoms with Crippen molar-refractivity contribution in [1.82, 2.24) is 4.90 Å². The van der Waals surface area contributed by atoms with Gasteiger partial charge in [0.15, 0.2) is 24.5 Å². The van der Waals surface area contributed by atoms with Crippen LogP contribution >= 0.6 is 0 Å². The molecule has 5 atom stereocenters. The standard InChI is InChI=1S/C16H18N4O8/c1-7(21)25-4-10-12(26-8(2)22)13(27-9(3)23)16(28-10)20-6-19-11-14(20)17-5-18-15(11)24/h5-6,10-13,16H,4H2,1-3H3. The number of carbonyl (C=O) groups is 4. The van der Waals surface area contributed by atoms with Crippen LogP contribution < -0.4 is 0 Å². The number of nitrogens with zero attached hydrogens (tertiary/aromatic N) is 4. The first-order valence-electron chi connectivity index (χ1n) is 8.37. The fraction of sp³-hybridized carbons (Fsp3) is 0.562. The van der Waals surface area contributed by atoms with Crippen LogP contribution in [0.3, 0.4) is 0 Å². The van der Waals surface area contributed by atoms with E-state index in [4.69, 9.17) is 18.9 Å². The molecule has 0 aliphatic carbocycles. The van der Waals surface area contributed by atoms with Gasteiger partial charge in [0.25, 0.3) is 5.91 Å². The monoisotopic (exact) mass is 394 g/mol. The zero-order valence-electron chi connectivity index (χ0n) is 15.3. The Labute approximate surface area is 159 Å². The second-order valence-corrected chi connectivity index (χ2v) is 6.16. The number of hydrogen-bond donors (Lipinski definition) is 0. The summed E-state index contributed by atoms with van der Waals surface area (Å²) in [6.07, 6.45) is -1.65. The highest BCUT2D eigenvalue weighted by Gasteiger charge is 2.54. The first-order valence-corrected chi connectivity index (χ1v) is 8.37. The number of carbonyl (C=O) groups excluding carboxylic acids is 4. The third-order valence-electron chi connectivity index (χ3n) is 4.07. The highest BCUT2D eigenvalue weighted by molar-refractivity contribution is 6.19. The van der Waals surface area contributed by atoms with E-state index in [-0.39, 0.29) is 12.4 Å². The van der Waals surface area contributed by atoms with E-state index in [9.17, 15) is 19.2 Å². The molecule has 0 aromatic rings. The van der Waals surface area contributed by atoms with Crippen LogP contribution in [0.1, 0.15) is 20.8 Å². The third kappa shape index (κ3) is 3.91. The molecule has 28 heavy (non-hydrogen) atoms. The Morgan fingerprint density at radius 2 is 1.79 bits per heavy atom. The van der Waals surface area contributed by atoms with Crippen LogP contribution in [0.25, 0.3) is 0 Å². The van der Waals surface area contributed by atoms with Crippen molar-refractivity contribution in [1.29, 1.82) is 0 Å². The maximum atomic E-state index is 11.9. The van der Waals surface area contributed by atoms with E-state index in [2.05, 4.69) is 15.0 Å². The molecule has 0 spiro atoms. The molecule has 3 heterocycles. The molecule has 1 saturated heterocycles. The van der Waals surface area contributed by atoms with Gasteiger partial charge in [0.1, 0.15) is 24.9 Å². The molecule has 0 bridgehead atoms. The Morgan fingerprint density at radius 3 is 2.43 bits per heavy atom. The molecule has 150 valence electrons. The maximum Gasteiger partial charge on any atom is 0.303 e. The van der Waals surface area contributed by atoms with Crippen molar-refractivity contribution in [2.45, 2.75) is 51.4 Å². The second kappa shape index (κ2) is 7.84. The van der Waals surface area contributed by atoms with Gasteiger partial charge in [-0.3, -0.25) is 29.1 Å². The number of aliphatic imine (C=N–C) groups is 3. The van der Waals surface area contributed by atoms with Gasteiger partial charge in [0, 0.05) is 20.8 Å². The molecule has 1 amide bonds. The van der Waals surface area contributed by atoms with E-state index < -0.39 is 54.4 Å². The largest absolute Gasteiger partial charge is 0.463 e.